The average Bonchev–Trinajstić information content (AvgIpc) is 2.77. The van der Waals surface area contributed by atoms with E-state index in [4.69, 9.17) is 4.74 Å². The molecule has 0 radical (unpaired) electrons. The lowest BCUT2D eigenvalue weighted by molar-refractivity contribution is -0.137. The first-order valence-electron chi connectivity index (χ1n) is 9.81. The van der Waals surface area contributed by atoms with E-state index in [1.807, 2.05) is 18.2 Å². The van der Waals surface area contributed by atoms with Gasteiger partial charge in [-0.15, -0.1) is 0 Å². The summed E-state index contributed by atoms with van der Waals surface area (Å²) in [7, 11) is -1.20. The van der Waals surface area contributed by atoms with Crippen LogP contribution in [-0.2, 0) is 14.6 Å². The second kappa shape index (κ2) is 7.06. The zero-order valence-electron chi connectivity index (χ0n) is 16.1. The van der Waals surface area contributed by atoms with Crippen molar-refractivity contribution >= 4 is 21.7 Å². The third kappa shape index (κ3) is 3.62. The molecule has 1 saturated heterocycles. The Labute approximate surface area is 165 Å². The summed E-state index contributed by atoms with van der Waals surface area (Å²) in [5, 5.41) is 0. The van der Waals surface area contributed by atoms with Gasteiger partial charge in [-0.3, -0.25) is 9.59 Å². The first-order valence-corrected chi connectivity index (χ1v) is 11.6. The number of hydrogen-bond acceptors (Lipinski definition) is 5. The predicted molar refractivity (Wildman–Crippen MR) is 104 cm³/mol. The second-order valence-electron chi connectivity index (χ2n) is 8.19. The van der Waals surface area contributed by atoms with E-state index in [0.717, 1.165) is 0 Å². The van der Waals surface area contributed by atoms with Crippen LogP contribution < -0.4 is 4.74 Å². The number of sulfone groups is 1. The van der Waals surface area contributed by atoms with Crippen LogP contribution in [0.1, 0.15) is 36.0 Å². The number of likely N-dealkylation sites (N-methyl/N-ethyl adjacent to an activating group) is 1. The molecule has 152 valence electrons. The van der Waals surface area contributed by atoms with Crippen molar-refractivity contribution in [2.75, 3.05) is 38.2 Å². The van der Waals surface area contributed by atoms with Gasteiger partial charge in [-0.25, -0.2) is 8.42 Å². The van der Waals surface area contributed by atoms with Gasteiger partial charge in [0.15, 0.2) is 9.84 Å². The van der Waals surface area contributed by atoms with E-state index in [9.17, 15) is 18.0 Å². The van der Waals surface area contributed by atoms with Crippen LogP contribution in [0.25, 0.3) is 0 Å². The minimum atomic E-state index is -3.00. The molecule has 8 heteroatoms. The van der Waals surface area contributed by atoms with Gasteiger partial charge in [-0.05, 0) is 37.8 Å². The largest absolute Gasteiger partial charge is 0.485 e. The number of ether oxygens (including phenoxy) is 1. The molecule has 2 aliphatic heterocycles. The molecule has 3 aliphatic rings. The van der Waals surface area contributed by atoms with Crippen LogP contribution in [0.5, 0.6) is 5.75 Å². The number of fused-ring (bicyclic) bond motifs is 1. The quantitative estimate of drug-likeness (QED) is 0.703. The molecule has 0 atom stereocenters. The van der Waals surface area contributed by atoms with Crippen molar-refractivity contribution in [1.29, 1.82) is 0 Å². The van der Waals surface area contributed by atoms with Crippen molar-refractivity contribution in [3.05, 3.63) is 29.8 Å². The van der Waals surface area contributed by atoms with Crippen LogP contribution in [0.4, 0.5) is 0 Å². The zero-order valence-corrected chi connectivity index (χ0v) is 16.9. The lowest BCUT2D eigenvalue weighted by atomic mass is 9.77. The maximum absolute atomic E-state index is 12.8. The molecule has 1 aromatic carbocycles. The van der Waals surface area contributed by atoms with E-state index in [1.165, 1.54) is 0 Å². The van der Waals surface area contributed by atoms with Gasteiger partial charge in [-0.2, -0.15) is 0 Å². The highest BCUT2D eigenvalue weighted by Gasteiger charge is 2.44. The van der Waals surface area contributed by atoms with Gasteiger partial charge in [-0.1, -0.05) is 12.1 Å². The van der Waals surface area contributed by atoms with E-state index in [0.29, 0.717) is 56.6 Å². The summed E-state index contributed by atoms with van der Waals surface area (Å²) in [6, 6.07) is 7.32. The first-order chi connectivity index (χ1) is 13.3. The Morgan fingerprint density at radius 2 is 1.79 bits per heavy atom. The number of amides is 2. The summed E-state index contributed by atoms with van der Waals surface area (Å²) in [5.74, 6) is 0.644. The summed E-state index contributed by atoms with van der Waals surface area (Å²) in [5.41, 5.74) is 0.105. The first kappa shape index (κ1) is 19.2. The molecular formula is C20H26N2O5S. The molecule has 0 aromatic heterocycles. The lowest BCUT2D eigenvalue weighted by Gasteiger charge is -2.41. The molecule has 7 nitrogen and oxygen atoms in total. The van der Waals surface area contributed by atoms with E-state index < -0.39 is 15.4 Å². The minimum absolute atomic E-state index is 0.0415. The van der Waals surface area contributed by atoms with E-state index in [2.05, 4.69) is 0 Å². The molecule has 4 rings (SSSR count). The molecule has 2 fully saturated rings. The molecule has 1 aliphatic carbocycles. The molecule has 1 saturated carbocycles. The number of benzene rings is 1. The number of rotatable bonds is 1. The smallest absolute Gasteiger partial charge is 0.257 e. The van der Waals surface area contributed by atoms with Crippen LogP contribution in [0.15, 0.2) is 24.3 Å². The Kier molecular flexibility index (Phi) is 4.85. The average molecular weight is 407 g/mol. The van der Waals surface area contributed by atoms with Crippen LogP contribution in [-0.4, -0.2) is 73.8 Å². The lowest BCUT2D eigenvalue weighted by Crippen LogP contribution is -2.51. The number of hydrogen-bond donors (Lipinski definition) is 0. The van der Waals surface area contributed by atoms with Crippen LogP contribution in [0, 0.1) is 5.92 Å². The second-order valence-corrected chi connectivity index (χ2v) is 10.5. The SMILES string of the molecule is CN1CC2(CCC(C(=O)N3CCS(=O)(=O)CC3)CC2)Oc2ccccc2C1=O. The normalized spacial score (nSPS) is 29.8. The maximum atomic E-state index is 12.8. The molecule has 0 N–H and O–H groups in total. The molecule has 1 aromatic rings. The van der Waals surface area contributed by atoms with E-state index in [1.54, 1.807) is 22.9 Å². The van der Waals surface area contributed by atoms with E-state index in [-0.39, 0.29) is 29.2 Å². The van der Waals surface area contributed by atoms with Crippen molar-refractivity contribution < 1.29 is 22.7 Å². The van der Waals surface area contributed by atoms with Gasteiger partial charge >= 0.3 is 0 Å². The monoisotopic (exact) mass is 406 g/mol. The number of para-hydroxylation sites is 1. The standard InChI is InChI=1S/C20H26N2O5S/c1-21-14-20(27-17-5-3-2-4-16(17)19(21)24)8-6-15(7-9-20)18(23)22-10-12-28(25,26)13-11-22/h2-5,15H,6-14H2,1H3. The Morgan fingerprint density at radius 3 is 2.46 bits per heavy atom. The van der Waals surface area contributed by atoms with Crippen molar-refractivity contribution in [3.8, 4) is 5.75 Å². The van der Waals surface area contributed by atoms with Crippen LogP contribution in [0.2, 0.25) is 0 Å². The maximum Gasteiger partial charge on any atom is 0.257 e. The van der Waals surface area contributed by atoms with E-state index >= 15 is 0 Å². The molecule has 28 heavy (non-hydrogen) atoms. The Balaban J connectivity index is 1.45. The van der Waals surface area contributed by atoms with Gasteiger partial charge in [0.05, 0.1) is 23.6 Å². The topological polar surface area (TPSA) is 84.0 Å². The molecule has 1 spiro atoms. The highest BCUT2D eigenvalue weighted by molar-refractivity contribution is 7.91. The summed E-state index contributed by atoms with van der Waals surface area (Å²) < 4.78 is 29.6. The summed E-state index contributed by atoms with van der Waals surface area (Å²) in [4.78, 5) is 28.9. The Hall–Kier alpha value is -2.09. The van der Waals surface area contributed by atoms with Crippen molar-refractivity contribution in [2.24, 2.45) is 5.92 Å². The fourth-order valence-electron chi connectivity index (χ4n) is 4.55. The van der Waals surface area contributed by atoms with Gasteiger partial charge in [0, 0.05) is 26.1 Å². The number of nitrogens with zero attached hydrogens (tertiary/aromatic N) is 2. The van der Waals surface area contributed by atoms with Crippen molar-refractivity contribution in [2.45, 2.75) is 31.3 Å². The minimum Gasteiger partial charge on any atom is -0.485 e. The molecule has 2 heterocycles. The highest BCUT2D eigenvalue weighted by Crippen LogP contribution is 2.40. The van der Waals surface area contributed by atoms with Crippen molar-refractivity contribution in [3.63, 3.8) is 0 Å². The van der Waals surface area contributed by atoms with Gasteiger partial charge in [0.25, 0.3) is 5.91 Å². The molecule has 2 amide bonds. The number of carbonyl (C=O) groups is 2. The van der Waals surface area contributed by atoms with Gasteiger partial charge < -0.3 is 14.5 Å². The number of carbonyl (C=O) groups excluding carboxylic acids is 2. The Bertz CT molecular complexity index is 876. The summed E-state index contributed by atoms with van der Waals surface area (Å²) in [6.07, 6.45) is 2.77. The van der Waals surface area contributed by atoms with Gasteiger partial charge in [0.1, 0.15) is 11.4 Å². The molecule has 0 unspecified atom stereocenters. The fourth-order valence-corrected chi connectivity index (χ4v) is 5.75. The third-order valence-electron chi connectivity index (χ3n) is 6.22. The predicted octanol–water partition coefficient (Wildman–Crippen LogP) is 1.34. The van der Waals surface area contributed by atoms with Gasteiger partial charge in [0.2, 0.25) is 5.91 Å². The highest BCUT2D eigenvalue weighted by atomic mass is 32.2. The third-order valence-corrected chi connectivity index (χ3v) is 7.83. The fraction of sp³-hybridized carbons (Fsp3) is 0.600. The summed E-state index contributed by atoms with van der Waals surface area (Å²) >= 11 is 0. The zero-order chi connectivity index (χ0) is 19.9. The molecular weight excluding hydrogens is 380 g/mol. The van der Waals surface area contributed by atoms with Crippen LogP contribution in [0.3, 0.4) is 0 Å². The molecule has 0 bridgehead atoms. The van der Waals surface area contributed by atoms with Crippen LogP contribution >= 0.6 is 0 Å². The Morgan fingerprint density at radius 1 is 1.14 bits per heavy atom. The summed E-state index contributed by atoms with van der Waals surface area (Å²) in [6.45, 7) is 1.09. The van der Waals surface area contributed by atoms with Crippen molar-refractivity contribution in [1.82, 2.24) is 9.80 Å².